The second-order valence-corrected chi connectivity index (χ2v) is 7.08. The fourth-order valence-electron chi connectivity index (χ4n) is 3.60. The van der Waals surface area contributed by atoms with Crippen LogP contribution in [-0.4, -0.2) is 80.3 Å². The first-order valence-electron chi connectivity index (χ1n) is 9.93. The van der Waals surface area contributed by atoms with Crippen LogP contribution in [0.3, 0.4) is 0 Å². The van der Waals surface area contributed by atoms with Crippen LogP contribution >= 0.6 is 0 Å². The molecule has 9 nitrogen and oxygen atoms in total. The summed E-state index contributed by atoms with van der Waals surface area (Å²) in [5.41, 5.74) is 0.782. The van der Waals surface area contributed by atoms with Gasteiger partial charge in [-0.15, -0.1) is 0 Å². The van der Waals surface area contributed by atoms with E-state index in [9.17, 15) is 14.4 Å². The second kappa shape index (κ2) is 9.49. The number of anilines is 1. The molecule has 2 aliphatic rings. The quantitative estimate of drug-likeness (QED) is 0.779. The molecule has 1 aromatic carbocycles. The molecule has 3 rings (SSSR count). The van der Waals surface area contributed by atoms with Crippen LogP contribution in [0.2, 0.25) is 0 Å². The van der Waals surface area contributed by atoms with E-state index < -0.39 is 0 Å². The van der Waals surface area contributed by atoms with Crippen molar-refractivity contribution in [1.29, 1.82) is 0 Å². The van der Waals surface area contributed by atoms with Crippen molar-refractivity contribution < 1.29 is 23.9 Å². The molecule has 0 atom stereocenters. The number of likely N-dealkylation sites (tertiary alicyclic amines) is 1. The van der Waals surface area contributed by atoms with Gasteiger partial charge in [0.05, 0.1) is 13.7 Å². The molecule has 2 heterocycles. The van der Waals surface area contributed by atoms with E-state index in [4.69, 9.17) is 9.47 Å². The zero-order valence-electron chi connectivity index (χ0n) is 16.9. The molecule has 0 unspecified atom stereocenters. The van der Waals surface area contributed by atoms with Crippen LogP contribution in [-0.2, 0) is 9.53 Å². The minimum Gasteiger partial charge on any atom is -0.497 e. The van der Waals surface area contributed by atoms with Crippen molar-refractivity contribution in [2.45, 2.75) is 25.8 Å². The summed E-state index contributed by atoms with van der Waals surface area (Å²) >= 11 is 0. The molecule has 4 amide bonds. The van der Waals surface area contributed by atoms with Crippen molar-refractivity contribution in [3.8, 4) is 5.75 Å². The van der Waals surface area contributed by atoms with Crippen molar-refractivity contribution in [3.05, 3.63) is 24.3 Å². The highest BCUT2D eigenvalue weighted by molar-refractivity contribution is 5.96. The molecule has 0 bridgehead atoms. The van der Waals surface area contributed by atoms with E-state index in [1.807, 2.05) is 12.1 Å². The molecule has 29 heavy (non-hydrogen) atoms. The smallest absolute Gasteiger partial charge is 0.409 e. The van der Waals surface area contributed by atoms with Gasteiger partial charge in [-0.2, -0.15) is 0 Å². The van der Waals surface area contributed by atoms with Gasteiger partial charge in [-0.3, -0.25) is 9.69 Å². The Morgan fingerprint density at radius 3 is 2.41 bits per heavy atom. The molecule has 1 aromatic rings. The summed E-state index contributed by atoms with van der Waals surface area (Å²) in [5.74, 6) is 0.551. The van der Waals surface area contributed by atoms with E-state index in [1.54, 1.807) is 40.9 Å². The predicted molar refractivity (Wildman–Crippen MR) is 107 cm³/mol. The molecule has 0 aliphatic carbocycles. The standard InChI is InChI=1S/C20H28N4O5/c1-3-29-20(27)22-10-8-15(9-11-22)21-18(25)14-23-12-13-24(19(23)26)16-4-6-17(28-2)7-5-16/h4-7,15H,3,8-14H2,1-2H3,(H,21,25). The van der Waals surface area contributed by atoms with E-state index in [-0.39, 0.29) is 30.6 Å². The van der Waals surface area contributed by atoms with Crippen LogP contribution in [0.4, 0.5) is 15.3 Å². The Hall–Kier alpha value is -2.97. The van der Waals surface area contributed by atoms with Crippen LogP contribution in [0.1, 0.15) is 19.8 Å². The van der Waals surface area contributed by atoms with Gasteiger partial charge in [0.15, 0.2) is 0 Å². The molecule has 2 saturated heterocycles. The van der Waals surface area contributed by atoms with Crippen LogP contribution in [0.25, 0.3) is 0 Å². The third-order valence-electron chi connectivity index (χ3n) is 5.20. The number of amides is 4. The molecule has 2 fully saturated rings. The maximum atomic E-state index is 12.7. The van der Waals surface area contributed by atoms with Crippen molar-refractivity contribution in [3.63, 3.8) is 0 Å². The highest BCUT2D eigenvalue weighted by Gasteiger charge is 2.32. The Morgan fingerprint density at radius 1 is 1.10 bits per heavy atom. The van der Waals surface area contributed by atoms with E-state index in [0.717, 1.165) is 11.4 Å². The van der Waals surface area contributed by atoms with Crippen molar-refractivity contribution >= 4 is 23.7 Å². The van der Waals surface area contributed by atoms with Crippen LogP contribution in [0, 0.1) is 0 Å². The molecule has 9 heteroatoms. The SMILES string of the molecule is CCOC(=O)N1CCC(NC(=O)CN2CCN(c3ccc(OC)cc3)C2=O)CC1. The summed E-state index contributed by atoms with van der Waals surface area (Å²) < 4.78 is 10.1. The first-order chi connectivity index (χ1) is 14.0. The number of methoxy groups -OCH3 is 1. The molecule has 0 aromatic heterocycles. The lowest BCUT2D eigenvalue weighted by Gasteiger charge is -2.31. The Kier molecular flexibility index (Phi) is 6.79. The number of hydrogen-bond donors (Lipinski definition) is 1. The maximum Gasteiger partial charge on any atom is 0.409 e. The number of carbonyl (C=O) groups excluding carboxylic acids is 3. The third-order valence-corrected chi connectivity index (χ3v) is 5.20. The normalized spacial score (nSPS) is 17.4. The van der Waals surface area contributed by atoms with Crippen LogP contribution < -0.4 is 15.0 Å². The van der Waals surface area contributed by atoms with Gasteiger partial charge in [-0.1, -0.05) is 0 Å². The summed E-state index contributed by atoms with van der Waals surface area (Å²) in [7, 11) is 1.59. The van der Waals surface area contributed by atoms with Gasteiger partial charge in [-0.25, -0.2) is 9.59 Å². The lowest BCUT2D eigenvalue weighted by Crippen LogP contribution is -2.49. The fraction of sp³-hybridized carbons (Fsp3) is 0.550. The van der Waals surface area contributed by atoms with Crippen molar-refractivity contribution in [2.24, 2.45) is 0 Å². The van der Waals surface area contributed by atoms with Crippen molar-refractivity contribution in [1.82, 2.24) is 15.1 Å². The topological polar surface area (TPSA) is 91.4 Å². The highest BCUT2D eigenvalue weighted by atomic mass is 16.6. The predicted octanol–water partition coefficient (Wildman–Crippen LogP) is 1.67. The molecule has 0 saturated carbocycles. The number of piperidine rings is 1. The zero-order valence-corrected chi connectivity index (χ0v) is 16.9. The number of urea groups is 1. The van der Waals surface area contributed by atoms with Gasteiger partial charge < -0.3 is 24.6 Å². The van der Waals surface area contributed by atoms with Gasteiger partial charge >= 0.3 is 12.1 Å². The first-order valence-corrected chi connectivity index (χ1v) is 9.93. The number of carbonyl (C=O) groups is 3. The summed E-state index contributed by atoms with van der Waals surface area (Å²) in [6, 6.07) is 7.10. The molecular formula is C20H28N4O5. The zero-order chi connectivity index (χ0) is 20.8. The summed E-state index contributed by atoms with van der Waals surface area (Å²) in [6.45, 7) is 4.31. The molecule has 1 N–H and O–H groups in total. The summed E-state index contributed by atoms with van der Waals surface area (Å²) in [5, 5.41) is 2.98. The Labute approximate surface area is 170 Å². The van der Waals surface area contributed by atoms with E-state index in [2.05, 4.69) is 5.32 Å². The molecular weight excluding hydrogens is 376 g/mol. The lowest BCUT2D eigenvalue weighted by molar-refractivity contribution is -0.122. The average molecular weight is 404 g/mol. The van der Waals surface area contributed by atoms with Gasteiger partial charge in [0.2, 0.25) is 5.91 Å². The van der Waals surface area contributed by atoms with Gasteiger partial charge in [-0.05, 0) is 44.0 Å². The number of benzene rings is 1. The third kappa shape index (κ3) is 5.10. The molecule has 2 aliphatic heterocycles. The number of rotatable bonds is 6. The largest absolute Gasteiger partial charge is 0.497 e. The van der Waals surface area contributed by atoms with Gasteiger partial charge in [0.1, 0.15) is 12.3 Å². The fourth-order valence-corrected chi connectivity index (χ4v) is 3.60. The first kappa shape index (κ1) is 20.8. The van der Waals surface area contributed by atoms with Crippen molar-refractivity contribution in [2.75, 3.05) is 51.3 Å². The Balaban J connectivity index is 1.45. The monoisotopic (exact) mass is 404 g/mol. The van der Waals surface area contributed by atoms with Gasteiger partial charge in [0, 0.05) is 37.9 Å². The Bertz CT molecular complexity index is 731. The Morgan fingerprint density at radius 2 is 1.79 bits per heavy atom. The van der Waals surface area contributed by atoms with E-state index in [0.29, 0.717) is 45.6 Å². The molecule has 0 radical (unpaired) electrons. The van der Waals surface area contributed by atoms with Crippen LogP contribution in [0.15, 0.2) is 24.3 Å². The van der Waals surface area contributed by atoms with E-state index >= 15 is 0 Å². The summed E-state index contributed by atoms with van der Waals surface area (Å²) in [4.78, 5) is 41.7. The van der Waals surface area contributed by atoms with Gasteiger partial charge in [0.25, 0.3) is 0 Å². The number of nitrogens with zero attached hydrogens (tertiary/aromatic N) is 3. The summed E-state index contributed by atoms with van der Waals surface area (Å²) in [6.07, 6.45) is 1.05. The number of ether oxygens (including phenoxy) is 2. The van der Waals surface area contributed by atoms with Crippen LogP contribution in [0.5, 0.6) is 5.75 Å². The highest BCUT2D eigenvalue weighted by Crippen LogP contribution is 2.23. The molecule has 158 valence electrons. The average Bonchev–Trinajstić information content (AvgIpc) is 3.09. The van der Waals surface area contributed by atoms with E-state index in [1.165, 1.54) is 0 Å². The lowest BCUT2D eigenvalue weighted by atomic mass is 10.1. The minimum atomic E-state index is -0.307. The maximum absolute atomic E-state index is 12.7. The molecule has 0 spiro atoms. The second-order valence-electron chi connectivity index (χ2n) is 7.08. The number of hydrogen-bond acceptors (Lipinski definition) is 5. The number of nitrogens with one attached hydrogen (secondary N) is 1. The minimum absolute atomic E-state index is 0.00331.